The number of amides is 2. The lowest BCUT2D eigenvalue weighted by molar-refractivity contribution is -0.131. The summed E-state index contributed by atoms with van der Waals surface area (Å²) in [4.78, 5) is 26.3. The van der Waals surface area contributed by atoms with Crippen LogP contribution in [-0.4, -0.2) is 48.4 Å². The van der Waals surface area contributed by atoms with Crippen molar-refractivity contribution in [3.8, 4) is 0 Å². The third-order valence-corrected chi connectivity index (χ3v) is 5.71. The van der Waals surface area contributed by atoms with Crippen LogP contribution in [0.5, 0.6) is 0 Å². The van der Waals surface area contributed by atoms with Gasteiger partial charge >= 0.3 is 0 Å². The molecule has 130 valence electrons. The van der Waals surface area contributed by atoms with Crippen LogP contribution in [0.1, 0.15) is 36.0 Å². The van der Waals surface area contributed by atoms with Gasteiger partial charge in [0, 0.05) is 30.7 Å². The van der Waals surface area contributed by atoms with Crippen molar-refractivity contribution in [3.63, 3.8) is 0 Å². The van der Waals surface area contributed by atoms with Crippen LogP contribution in [0.2, 0.25) is 10.0 Å². The Hall–Kier alpha value is -1.30. The number of piperidine rings is 1. The van der Waals surface area contributed by atoms with Gasteiger partial charge in [-0.1, -0.05) is 23.2 Å². The number of halogens is 2. The number of carbonyl (C=O) groups is 2. The van der Waals surface area contributed by atoms with Crippen LogP contribution in [0.4, 0.5) is 0 Å². The molecule has 2 aliphatic rings. The van der Waals surface area contributed by atoms with Gasteiger partial charge in [-0.25, -0.2) is 0 Å². The Labute approximate surface area is 151 Å². The van der Waals surface area contributed by atoms with Crippen molar-refractivity contribution in [3.05, 3.63) is 33.8 Å². The zero-order chi connectivity index (χ0) is 17.3. The number of nitrogens with one attached hydrogen (secondary N) is 2. The fourth-order valence-corrected chi connectivity index (χ4v) is 3.87. The molecule has 2 N–H and O–H groups in total. The Morgan fingerprint density at radius 1 is 1.21 bits per heavy atom. The molecule has 2 heterocycles. The fraction of sp³-hybridized carbons (Fsp3) is 0.529. The largest absolute Gasteiger partial charge is 0.343 e. The van der Waals surface area contributed by atoms with Crippen LogP contribution in [0, 0.1) is 0 Å². The SMILES string of the molecule is CN(C(=O)CNC(=O)c1ccc(Cl)c(Cl)c1)C1CC2CCC(C1)N2. The molecule has 1 aromatic rings. The average Bonchev–Trinajstić information content (AvgIpc) is 2.92. The van der Waals surface area contributed by atoms with Crippen molar-refractivity contribution >= 4 is 35.0 Å². The number of nitrogens with zero attached hydrogens (tertiary/aromatic N) is 1. The summed E-state index contributed by atoms with van der Waals surface area (Å²) in [7, 11) is 1.82. The molecule has 2 saturated heterocycles. The van der Waals surface area contributed by atoms with Crippen molar-refractivity contribution in [1.82, 2.24) is 15.5 Å². The molecule has 0 spiro atoms. The molecule has 7 heteroatoms. The average molecular weight is 370 g/mol. The van der Waals surface area contributed by atoms with Crippen molar-refractivity contribution in [1.29, 1.82) is 0 Å². The maximum absolute atomic E-state index is 12.4. The van der Waals surface area contributed by atoms with Gasteiger partial charge in [-0.3, -0.25) is 9.59 Å². The summed E-state index contributed by atoms with van der Waals surface area (Å²) in [5.41, 5.74) is 0.389. The summed E-state index contributed by atoms with van der Waals surface area (Å²) < 4.78 is 0. The second-order valence-electron chi connectivity index (χ2n) is 6.58. The summed E-state index contributed by atoms with van der Waals surface area (Å²) in [5, 5.41) is 6.93. The molecule has 0 aliphatic carbocycles. The van der Waals surface area contributed by atoms with Gasteiger partial charge < -0.3 is 15.5 Å². The van der Waals surface area contributed by atoms with E-state index in [1.165, 1.54) is 18.9 Å². The summed E-state index contributed by atoms with van der Waals surface area (Å²) >= 11 is 11.8. The summed E-state index contributed by atoms with van der Waals surface area (Å²) in [6, 6.07) is 5.94. The molecule has 0 saturated carbocycles. The number of benzene rings is 1. The molecule has 2 bridgehead atoms. The fourth-order valence-electron chi connectivity index (χ4n) is 3.57. The molecular weight excluding hydrogens is 349 g/mol. The van der Waals surface area contributed by atoms with E-state index in [1.54, 1.807) is 17.0 Å². The number of rotatable bonds is 4. The Balaban J connectivity index is 1.52. The summed E-state index contributed by atoms with van der Waals surface area (Å²) in [5.74, 6) is -0.407. The topological polar surface area (TPSA) is 61.4 Å². The van der Waals surface area contributed by atoms with Gasteiger partial charge in [-0.2, -0.15) is 0 Å². The molecule has 3 rings (SSSR count). The molecule has 2 fully saturated rings. The lowest BCUT2D eigenvalue weighted by Crippen LogP contribution is -2.50. The normalized spacial score (nSPS) is 25.4. The minimum atomic E-state index is -0.333. The Bertz CT molecular complexity index is 641. The highest BCUT2D eigenvalue weighted by molar-refractivity contribution is 6.42. The van der Waals surface area contributed by atoms with Gasteiger partial charge in [0.15, 0.2) is 0 Å². The second kappa shape index (κ2) is 7.30. The van der Waals surface area contributed by atoms with Gasteiger partial charge in [0.05, 0.1) is 16.6 Å². The van der Waals surface area contributed by atoms with E-state index < -0.39 is 0 Å². The van der Waals surface area contributed by atoms with E-state index in [4.69, 9.17) is 23.2 Å². The van der Waals surface area contributed by atoms with Gasteiger partial charge in [0.1, 0.15) is 0 Å². The number of fused-ring (bicyclic) bond motifs is 2. The Morgan fingerprint density at radius 2 is 1.88 bits per heavy atom. The first-order chi connectivity index (χ1) is 11.4. The second-order valence-corrected chi connectivity index (χ2v) is 7.39. The molecule has 2 aliphatic heterocycles. The van der Waals surface area contributed by atoms with Gasteiger partial charge in [-0.15, -0.1) is 0 Å². The molecule has 1 aromatic carbocycles. The van der Waals surface area contributed by atoms with E-state index in [-0.39, 0.29) is 24.4 Å². The Kier molecular flexibility index (Phi) is 5.33. The predicted molar refractivity (Wildman–Crippen MR) is 94.5 cm³/mol. The number of likely N-dealkylation sites (N-methyl/N-ethyl adjacent to an activating group) is 1. The van der Waals surface area contributed by atoms with Crippen molar-refractivity contribution in [2.24, 2.45) is 0 Å². The van der Waals surface area contributed by atoms with Crippen LogP contribution in [0.25, 0.3) is 0 Å². The number of hydrogen-bond donors (Lipinski definition) is 2. The van der Waals surface area contributed by atoms with E-state index in [9.17, 15) is 9.59 Å². The van der Waals surface area contributed by atoms with Crippen LogP contribution in [-0.2, 0) is 4.79 Å². The van der Waals surface area contributed by atoms with E-state index >= 15 is 0 Å². The highest BCUT2D eigenvalue weighted by atomic mass is 35.5. The van der Waals surface area contributed by atoms with Crippen molar-refractivity contribution in [2.45, 2.75) is 43.8 Å². The number of carbonyl (C=O) groups excluding carboxylic acids is 2. The first-order valence-electron chi connectivity index (χ1n) is 8.19. The maximum atomic E-state index is 12.4. The first-order valence-corrected chi connectivity index (χ1v) is 8.94. The standard InChI is InChI=1S/C17H21Cl2N3O2/c1-22(13-7-11-3-4-12(8-13)21-11)16(23)9-20-17(24)10-2-5-14(18)15(19)6-10/h2,5-6,11-13,21H,3-4,7-9H2,1H3,(H,20,24). The van der Waals surface area contributed by atoms with E-state index in [1.807, 2.05) is 7.05 Å². The van der Waals surface area contributed by atoms with Crippen molar-refractivity contribution in [2.75, 3.05) is 13.6 Å². The minimum Gasteiger partial charge on any atom is -0.343 e. The lowest BCUT2D eigenvalue weighted by Gasteiger charge is -2.35. The van der Waals surface area contributed by atoms with E-state index in [0.29, 0.717) is 27.7 Å². The van der Waals surface area contributed by atoms with Crippen molar-refractivity contribution < 1.29 is 9.59 Å². The van der Waals surface area contributed by atoms with Gasteiger partial charge in [0.2, 0.25) is 5.91 Å². The third kappa shape index (κ3) is 3.85. The molecular formula is C17H21Cl2N3O2. The third-order valence-electron chi connectivity index (χ3n) is 4.97. The molecule has 2 atom stereocenters. The Morgan fingerprint density at radius 3 is 2.50 bits per heavy atom. The van der Waals surface area contributed by atoms with Crippen LogP contribution in [0.3, 0.4) is 0 Å². The lowest BCUT2D eigenvalue weighted by atomic mass is 9.98. The maximum Gasteiger partial charge on any atom is 0.251 e. The highest BCUT2D eigenvalue weighted by Gasteiger charge is 2.36. The summed E-state index contributed by atoms with van der Waals surface area (Å²) in [6.07, 6.45) is 4.35. The van der Waals surface area contributed by atoms with Gasteiger partial charge in [-0.05, 0) is 43.9 Å². The molecule has 5 nitrogen and oxygen atoms in total. The molecule has 0 radical (unpaired) electrons. The number of hydrogen-bond acceptors (Lipinski definition) is 3. The molecule has 2 unspecified atom stereocenters. The quantitative estimate of drug-likeness (QED) is 0.856. The van der Waals surface area contributed by atoms with E-state index in [0.717, 1.165) is 12.8 Å². The molecule has 24 heavy (non-hydrogen) atoms. The summed E-state index contributed by atoms with van der Waals surface area (Å²) in [6.45, 7) is -0.0190. The predicted octanol–water partition coefficient (Wildman–Crippen LogP) is 2.46. The first kappa shape index (κ1) is 17.5. The van der Waals surface area contributed by atoms with Crippen LogP contribution < -0.4 is 10.6 Å². The zero-order valence-electron chi connectivity index (χ0n) is 13.5. The minimum absolute atomic E-state index is 0.0190. The monoisotopic (exact) mass is 369 g/mol. The van der Waals surface area contributed by atoms with Gasteiger partial charge in [0.25, 0.3) is 5.91 Å². The van der Waals surface area contributed by atoms with Crippen LogP contribution >= 0.6 is 23.2 Å². The highest BCUT2D eigenvalue weighted by Crippen LogP contribution is 2.29. The smallest absolute Gasteiger partial charge is 0.251 e. The molecule has 0 aromatic heterocycles. The molecule has 2 amide bonds. The van der Waals surface area contributed by atoms with Crippen LogP contribution in [0.15, 0.2) is 18.2 Å². The van der Waals surface area contributed by atoms with E-state index in [2.05, 4.69) is 10.6 Å². The zero-order valence-corrected chi connectivity index (χ0v) is 15.0.